The van der Waals surface area contributed by atoms with Crippen LogP contribution in [-0.2, 0) is 0 Å². The van der Waals surface area contributed by atoms with Gasteiger partial charge in [-0.1, -0.05) is 54.6 Å². The highest BCUT2D eigenvalue weighted by atomic mass is 15.0. The fourth-order valence-electron chi connectivity index (χ4n) is 2.64. The lowest BCUT2D eigenvalue weighted by atomic mass is 9.83. The Labute approximate surface area is 111 Å². The van der Waals surface area contributed by atoms with E-state index in [-0.39, 0.29) is 5.92 Å². The average molecular weight is 244 g/mol. The van der Waals surface area contributed by atoms with Gasteiger partial charge in [0, 0.05) is 5.56 Å². The first kappa shape index (κ1) is 10.4. The van der Waals surface area contributed by atoms with Crippen molar-refractivity contribution in [2.24, 2.45) is 15.9 Å². The zero-order valence-electron chi connectivity index (χ0n) is 10.3. The van der Waals surface area contributed by atoms with Crippen molar-refractivity contribution in [2.75, 3.05) is 0 Å². The van der Waals surface area contributed by atoms with Gasteiger partial charge < -0.3 is 0 Å². The number of nitrogens with zero attached hydrogens (tertiary/aromatic N) is 2. The van der Waals surface area contributed by atoms with Crippen molar-refractivity contribution in [3.05, 3.63) is 83.6 Å². The molecule has 2 aliphatic carbocycles. The van der Waals surface area contributed by atoms with Gasteiger partial charge in [-0.15, -0.1) is 0 Å². The first-order valence-electron chi connectivity index (χ1n) is 6.41. The van der Waals surface area contributed by atoms with Crippen LogP contribution in [-0.4, -0.2) is 11.5 Å². The van der Waals surface area contributed by atoms with Gasteiger partial charge in [-0.3, -0.25) is 0 Å². The van der Waals surface area contributed by atoms with E-state index >= 15 is 0 Å². The van der Waals surface area contributed by atoms with Gasteiger partial charge in [0.25, 0.3) is 0 Å². The molecule has 0 amide bonds. The Hall–Kier alpha value is -2.48. The van der Waals surface area contributed by atoms with Gasteiger partial charge in [0.15, 0.2) is 5.84 Å². The van der Waals surface area contributed by atoms with E-state index in [4.69, 9.17) is 9.98 Å². The largest absolute Gasteiger partial charge is 0.232 e. The number of benzene rings is 1. The second-order valence-corrected chi connectivity index (χ2v) is 4.75. The maximum absolute atomic E-state index is 4.72. The van der Waals surface area contributed by atoms with Gasteiger partial charge in [-0.05, 0) is 17.7 Å². The molecule has 19 heavy (non-hydrogen) atoms. The second-order valence-electron chi connectivity index (χ2n) is 4.75. The zero-order valence-corrected chi connectivity index (χ0v) is 10.3. The number of allylic oxidation sites excluding steroid dienone is 7. The first-order chi connectivity index (χ1) is 9.42. The number of hydrogen-bond acceptors (Lipinski definition) is 2. The molecule has 2 nitrogen and oxygen atoms in total. The van der Waals surface area contributed by atoms with E-state index in [0.29, 0.717) is 0 Å². The summed E-state index contributed by atoms with van der Waals surface area (Å²) in [4.78, 5) is 9.44. The van der Waals surface area contributed by atoms with E-state index in [2.05, 4.69) is 36.5 Å². The molecule has 1 aliphatic heterocycles. The van der Waals surface area contributed by atoms with Gasteiger partial charge in [0.05, 0.1) is 17.3 Å². The van der Waals surface area contributed by atoms with E-state index in [1.807, 2.05) is 30.3 Å². The van der Waals surface area contributed by atoms with Crippen LogP contribution in [0.25, 0.3) is 0 Å². The fraction of sp³-hybridized carbons (Fsp3) is 0.0588. The van der Waals surface area contributed by atoms with Crippen LogP contribution in [0.15, 0.2) is 88.0 Å². The predicted octanol–water partition coefficient (Wildman–Crippen LogP) is 3.45. The van der Waals surface area contributed by atoms with Crippen LogP contribution in [0.2, 0.25) is 0 Å². The Bertz CT molecular complexity index is 711. The van der Waals surface area contributed by atoms with E-state index in [1.165, 1.54) is 5.57 Å². The van der Waals surface area contributed by atoms with Gasteiger partial charge in [0.1, 0.15) is 0 Å². The van der Waals surface area contributed by atoms with E-state index < -0.39 is 0 Å². The molecule has 1 aromatic rings. The normalized spacial score (nSPS) is 23.1. The number of amidine groups is 1. The summed E-state index contributed by atoms with van der Waals surface area (Å²) in [6.45, 7) is 0. The topological polar surface area (TPSA) is 24.7 Å². The average Bonchev–Trinajstić information content (AvgIpc) is 2.49. The van der Waals surface area contributed by atoms with Crippen molar-refractivity contribution in [1.29, 1.82) is 0 Å². The Kier molecular flexibility index (Phi) is 2.21. The molecule has 0 aromatic heterocycles. The summed E-state index contributed by atoms with van der Waals surface area (Å²) in [5.41, 5.74) is 4.51. The first-order valence-corrected chi connectivity index (χ1v) is 6.41. The molecule has 3 aliphatic rings. The molecule has 1 unspecified atom stereocenters. The van der Waals surface area contributed by atoms with Gasteiger partial charge in [-0.25, -0.2) is 9.98 Å². The van der Waals surface area contributed by atoms with Crippen LogP contribution >= 0.6 is 0 Å². The molecule has 0 radical (unpaired) electrons. The molecule has 0 fully saturated rings. The maximum atomic E-state index is 4.72. The molecule has 0 bridgehead atoms. The van der Waals surface area contributed by atoms with Gasteiger partial charge in [-0.2, -0.15) is 0 Å². The second kappa shape index (κ2) is 4.02. The van der Waals surface area contributed by atoms with Crippen LogP contribution in [0, 0.1) is 5.92 Å². The van der Waals surface area contributed by atoms with Crippen molar-refractivity contribution in [2.45, 2.75) is 0 Å². The van der Waals surface area contributed by atoms with Crippen LogP contribution in [0.3, 0.4) is 0 Å². The number of aliphatic imine (C=N–C) groups is 2. The Balaban J connectivity index is 1.87. The Morgan fingerprint density at radius 1 is 0.842 bits per heavy atom. The number of rotatable bonds is 1. The minimum Gasteiger partial charge on any atom is -0.232 e. The standard InChI is InChI=1S/C17H12N2/c1-2-6-13(7-3-1)17-18-14-10-4-8-12-9-5-11-15(19-17)16(12)14/h1-11,16H. The predicted molar refractivity (Wildman–Crippen MR) is 78.4 cm³/mol. The molecule has 0 saturated heterocycles. The third-order valence-electron chi connectivity index (χ3n) is 3.54. The highest BCUT2D eigenvalue weighted by Gasteiger charge is 2.29. The summed E-state index contributed by atoms with van der Waals surface area (Å²) in [7, 11) is 0. The molecule has 1 aromatic carbocycles. The summed E-state index contributed by atoms with van der Waals surface area (Å²) in [5, 5.41) is 0. The van der Waals surface area contributed by atoms with Crippen molar-refractivity contribution in [3.63, 3.8) is 0 Å². The van der Waals surface area contributed by atoms with Crippen molar-refractivity contribution < 1.29 is 0 Å². The highest BCUT2D eigenvalue weighted by molar-refractivity contribution is 6.15. The SMILES string of the molecule is C1=CC2=CC=CC3=NC(c4ccccc4)=NC(=C1)C23. The van der Waals surface area contributed by atoms with E-state index in [1.54, 1.807) is 0 Å². The molecule has 0 spiro atoms. The third-order valence-corrected chi connectivity index (χ3v) is 3.54. The summed E-state index contributed by atoms with van der Waals surface area (Å²) >= 11 is 0. The smallest absolute Gasteiger partial charge is 0.159 e. The van der Waals surface area contributed by atoms with Gasteiger partial charge in [0.2, 0.25) is 0 Å². The molecular formula is C17H12N2. The molecule has 0 N–H and O–H groups in total. The Morgan fingerprint density at radius 3 is 2.58 bits per heavy atom. The van der Waals surface area contributed by atoms with Crippen LogP contribution in [0.1, 0.15) is 5.56 Å². The van der Waals surface area contributed by atoms with Crippen molar-refractivity contribution in [1.82, 2.24) is 0 Å². The third kappa shape index (κ3) is 1.65. The Morgan fingerprint density at radius 2 is 1.68 bits per heavy atom. The molecule has 0 saturated carbocycles. The lowest BCUT2D eigenvalue weighted by Crippen LogP contribution is -2.25. The highest BCUT2D eigenvalue weighted by Crippen LogP contribution is 2.34. The van der Waals surface area contributed by atoms with Crippen LogP contribution < -0.4 is 0 Å². The number of hydrogen-bond donors (Lipinski definition) is 0. The summed E-state index contributed by atoms with van der Waals surface area (Å²) < 4.78 is 0. The molecule has 1 heterocycles. The summed E-state index contributed by atoms with van der Waals surface area (Å²) in [6, 6.07) is 10.1. The minimum absolute atomic E-state index is 0.225. The van der Waals surface area contributed by atoms with Crippen LogP contribution in [0.5, 0.6) is 0 Å². The lowest BCUT2D eigenvalue weighted by Gasteiger charge is -2.27. The monoisotopic (exact) mass is 244 g/mol. The lowest BCUT2D eigenvalue weighted by molar-refractivity contribution is 0.921. The maximum Gasteiger partial charge on any atom is 0.159 e. The molecule has 1 atom stereocenters. The zero-order chi connectivity index (χ0) is 12.7. The summed E-state index contributed by atoms with van der Waals surface area (Å²) in [6.07, 6.45) is 12.6. The molecule has 90 valence electrons. The van der Waals surface area contributed by atoms with Crippen molar-refractivity contribution >= 4 is 11.5 Å². The molecular weight excluding hydrogens is 232 g/mol. The van der Waals surface area contributed by atoms with Gasteiger partial charge >= 0.3 is 0 Å². The summed E-state index contributed by atoms with van der Waals surface area (Å²) in [5.74, 6) is 1.03. The van der Waals surface area contributed by atoms with E-state index in [9.17, 15) is 0 Å². The minimum atomic E-state index is 0.225. The van der Waals surface area contributed by atoms with Crippen LogP contribution in [0.4, 0.5) is 0 Å². The molecule has 4 rings (SSSR count). The quantitative estimate of drug-likeness (QED) is 0.723. The molecule has 2 heteroatoms. The fourth-order valence-corrected chi connectivity index (χ4v) is 2.64. The van der Waals surface area contributed by atoms with Crippen molar-refractivity contribution in [3.8, 4) is 0 Å². The van der Waals surface area contributed by atoms with E-state index in [0.717, 1.165) is 22.8 Å².